The largest absolute Gasteiger partial charge is 0.480 e. The minimum absolute atomic E-state index is 0.141. The summed E-state index contributed by atoms with van der Waals surface area (Å²) in [5.41, 5.74) is -0.754. The predicted molar refractivity (Wildman–Crippen MR) is 66.6 cm³/mol. The van der Waals surface area contributed by atoms with Gasteiger partial charge in [0.05, 0.1) is 0 Å². The van der Waals surface area contributed by atoms with Crippen LogP contribution in [-0.2, 0) is 4.79 Å². The second-order valence-electron chi connectivity index (χ2n) is 5.84. The Labute approximate surface area is 99.0 Å². The van der Waals surface area contributed by atoms with Crippen LogP contribution in [0.25, 0.3) is 0 Å². The van der Waals surface area contributed by atoms with E-state index in [2.05, 4.69) is 37.9 Å². The lowest BCUT2D eigenvalue weighted by atomic mass is 9.86. The number of carboxylic acid groups (broad SMARTS) is 1. The molecule has 96 valence electrons. The maximum Gasteiger partial charge on any atom is 0.324 e. The molecule has 0 aliphatic rings. The van der Waals surface area contributed by atoms with E-state index in [0.717, 1.165) is 0 Å². The van der Waals surface area contributed by atoms with Gasteiger partial charge in [-0.15, -0.1) is 0 Å². The Balaban J connectivity index is 4.66. The molecule has 0 aliphatic heterocycles. The fourth-order valence-corrected chi connectivity index (χ4v) is 1.55. The Morgan fingerprint density at radius 2 is 1.81 bits per heavy atom. The molecule has 0 aromatic rings. The van der Waals surface area contributed by atoms with E-state index in [1.54, 1.807) is 14.0 Å². The highest BCUT2D eigenvalue weighted by Gasteiger charge is 2.35. The highest BCUT2D eigenvalue weighted by molar-refractivity contribution is 5.78. The van der Waals surface area contributed by atoms with Crippen LogP contribution in [0.5, 0.6) is 0 Å². The Hall–Kier alpha value is -0.610. The van der Waals surface area contributed by atoms with E-state index in [4.69, 9.17) is 0 Å². The molecule has 16 heavy (non-hydrogen) atoms. The summed E-state index contributed by atoms with van der Waals surface area (Å²) in [5.74, 6) is -0.817. The smallest absolute Gasteiger partial charge is 0.324 e. The third-order valence-corrected chi connectivity index (χ3v) is 3.50. The zero-order valence-electron chi connectivity index (χ0n) is 11.6. The van der Waals surface area contributed by atoms with Crippen molar-refractivity contribution in [1.29, 1.82) is 0 Å². The van der Waals surface area contributed by atoms with Crippen LogP contribution in [0.1, 0.15) is 34.6 Å². The van der Waals surface area contributed by atoms with Crippen LogP contribution in [0.2, 0.25) is 0 Å². The molecular formula is C12H26N2O2. The SMILES string of the molecule is CNC(C)(CN(C)C(C)C(C)(C)C)C(=O)O. The van der Waals surface area contributed by atoms with E-state index < -0.39 is 11.5 Å². The van der Waals surface area contributed by atoms with Crippen LogP contribution < -0.4 is 5.32 Å². The first kappa shape index (κ1) is 15.4. The molecule has 0 heterocycles. The van der Waals surface area contributed by atoms with Gasteiger partial charge in [0, 0.05) is 12.6 Å². The number of nitrogens with zero attached hydrogens (tertiary/aromatic N) is 1. The van der Waals surface area contributed by atoms with E-state index in [1.165, 1.54) is 0 Å². The monoisotopic (exact) mass is 230 g/mol. The van der Waals surface area contributed by atoms with Crippen molar-refractivity contribution in [2.45, 2.75) is 46.2 Å². The van der Waals surface area contributed by atoms with Gasteiger partial charge < -0.3 is 15.3 Å². The van der Waals surface area contributed by atoms with Crippen LogP contribution in [0.4, 0.5) is 0 Å². The average molecular weight is 230 g/mol. The second kappa shape index (κ2) is 5.15. The number of hydrogen-bond acceptors (Lipinski definition) is 3. The molecule has 2 atom stereocenters. The van der Waals surface area contributed by atoms with Gasteiger partial charge in [-0.2, -0.15) is 0 Å². The van der Waals surface area contributed by atoms with Crippen LogP contribution in [0.15, 0.2) is 0 Å². The molecule has 0 rings (SSSR count). The summed E-state index contributed by atoms with van der Waals surface area (Å²) < 4.78 is 0. The normalized spacial score (nSPS) is 18.2. The molecule has 0 aliphatic carbocycles. The maximum atomic E-state index is 11.2. The number of hydrogen-bond donors (Lipinski definition) is 2. The van der Waals surface area contributed by atoms with Crippen molar-refractivity contribution < 1.29 is 9.90 Å². The van der Waals surface area contributed by atoms with Gasteiger partial charge in [-0.1, -0.05) is 20.8 Å². The molecule has 0 amide bonds. The van der Waals surface area contributed by atoms with Crippen molar-refractivity contribution >= 4 is 5.97 Å². The third kappa shape index (κ3) is 3.76. The number of aliphatic carboxylic acids is 1. The second-order valence-corrected chi connectivity index (χ2v) is 5.84. The summed E-state index contributed by atoms with van der Waals surface area (Å²) >= 11 is 0. The fraction of sp³-hybridized carbons (Fsp3) is 0.917. The minimum Gasteiger partial charge on any atom is -0.480 e. The fourth-order valence-electron chi connectivity index (χ4n) is 1.55. The number of likely N-dealkylation sites (N-methyl/N-ethyl adjacent to an activating group) is 2. The van der Waals surface area contributed by atoms with Crippen LogP contribution in [-0.4, -0.2) is 48.2 Å². The van der Waals surface area contributed by atoms with Crippen molar-refractivity contribution in [3.8, 4) is 0 Å². The predicted octanol–water partition coefficient (Wildman–Crippen LogP) is 1.42. The summed E-state index contributed by atoms with van der Waals surface area (Å²) in [5, 5.41) is 12.1. The van der Waals surface area contributed by atoms with E-state index in [9.17, 15) is 9.90 Å². The van der Waals surface area contributed by atoms with E-state index in [0.29, 0.717) is 12.6 Å². The van der Waals surface area contributed by atoms with Crippen LogP contribution in [0, 0.1) is 5.41 Å². The molecule has 0 saturated carbocycles. The molecule has 0 aromatic heterocycles. The van der Waals surface area contributed by atoms with E-state index >= 15 is 0 Å². The first-order chi connectivity index (χ1) is 7.04. The average Bonchev–Trinajstić information content (AvgIpc) is 2.14. The molecule has 2 N–H and O–H groups in total. The van der Waals surface area contributed by atoms with Gasteiger partial charge in [-0.3, -0.25) is 4.79 Å². The Kier molecular flexibility index (Phi) is 4.95. The zero-order valence-corrected chi connectivity index (χ0v) is 11.6. The highest BCUT2D eigenvalue weighted by Crippen LogP contribution is 2.24. The van der Waals surface area contributed by atoms with E-state index in [-0.39, 0.29) is 5.41 Å². The summed E-state index contributed by atoms with van der Waals surface area (Å²) in [4.78, 5) is 13.3. The first-order valence-electron chi connectivity index (χ1n) is 5.67. The first-order valence-corrected chi connectivity index (χ1v) is 5.67. The molecule has 2 unspecified atom stereocenters. The molecule has 4 nitrogen and oxygen atoms in total. The Morgan fingerprint density at radius 1 is 1.38 bits per heavy atom. The van der Waals surface area contributed by atoms with Gasteiger partial charge in [-0.25, -0.2) is 0 Å². The summed E-state index contributed by atoms with van der Waals surface area (Å²) in [7, 11) is 3.65. The third-order valence-electron chi connectivity index (χ3n) is 3.50. The highest BCUT2D eigenvalue weighted by atomic mass is 16.4. The lowest BCUT2D eigenvalue weighted by Crippen LogP contribution is -2.57. The van der Waals surface area contributed by atoms with Crippen molar-refractivity contribution in [3.63, 3.8) is 0 Å². The van der Waals surface area contributed by atoms with Crippen LogP contribution >= 0.6 is 0 Å². The van der Waals surface area contributed by atoms with Crippen molar-refractivity contribution in [2.75, 3.05) is 20.6 Å². The maximum absolute atomic E-state index is 11.2. The summed E-state index contributed by atoms with van der Waals surface area (Å²) in [6, 6.07) is 0.319. The molecule has 0 spiro atoms. The molecule has 0 radical (unpaired) electrons. The number of nitrogens with one attached hydrogen (secondary N) is 1. The molecular weight excluding hydrogens is 204 g/mol. The van der Waals surface area contributed by atoms with E-state index in [1.807, 2.05) is 7.05 Å². The molecule has 0 bridgehead atoms. The molecule has 0 saturated heterocycles. The van der Waals surface area contributed by atoms with Crippen molar-refractivity contribution in [2.24, 2.45) is 5.41 Å². The minimum atomic E-state index is -0.895. The lowest BCUT2D eigenvalue weighted by Gasteiger charge is -2.39. The summed E-state index contributed by atoms with van der Waals surface area (Å²) in [6.07, 6.45) is 0. The van der Waals surface area contributed by atoms with Gasteiger partial charge >= 0.3 is 5.97 Å². The summed E-state index contributed by atoms with van der Waals surface area (Å²) in [6.45, 7) is 10.8. The van der Waals surface area contributed by atoms with Gasteiger partial charge in [0.25, 0.3) is 0 Å². The van der Waals surface area contributed by atoms with Crippen molar-refractivity contribution in [3.05, 3.63) is 0 Å². The zero-order chi connectivity index (χ0) is 13.1. The van der Waals surface area contributed by atoms with Crippen molar-refractivity contribution in [1.82, 2.24) is 10.2 Å². The van der Waals surface area contributed by atoms with Gasteiger partial charge in [0.2, 0.25) is 0 Å². The lowest BCUT2D eigenvalue weighted by molar-refractivity contribution is -0.145. The Morgan fingerprint density at radius 3 is 2.06 bits per heavy atom. The van der Waals surface area contributed by atoms with Gasteiger partial charge in [0.15, 0.2) is 0 Å². The van der Waals surface area contributed by atoms with Gasteiger partial charge in [-0.05, 0) is 33.4 Å². The van der Waals surface area contributed by atoms with Gasteiger partial charge in [0.1, 0.15) is 5.54 Å². The molecule has 4 heteroatoms. The number of carboxylic acids is 1. The topological polar surface area (TPSA) is 52.6 Å². The quantitative estimate of drug-likeness (QED) is 0.750. The Bertz CT molecular complexity index is 248. The molecule has 0 fully saturated rings. The standard InChI is InChI=1S/C12H26N2O2/c1-9(11(2,3)4)14(7)8-12(5,13-6)10(15)16/h9,13H,8H2,1-7H3,(H,15,16). The number of carbonyl (C=O) groups is 1. The van der Waals surface area contributed by atoms with Crippen LogP contribution in [0.3, 0.4) is 0 Å². The number of rotatable bonds is 5. The molecule has 0 aromatic carbocycles.